The summed E-state index contributed by atoms with van der Waals surface area (Å²) < 4.78 is 0.947. The molecule has 0 saturated heterocycles. The maximum absolute atomic E-state index is 12.0. The molecule has 0 aliphatic carbocycles. The second-order valence-electron chi connectivity index (χ2n) is 4.42. The largest absolute Gasteiger partial charge is 0.344 e. The summed E-state index contributed by atoms with van der Waals surface area (Å²) in [5, 5.41) is 5.43. The van der Waals surface area contributed by atoms with E-state index in [0.717, 1.165) is 4.47 Å². The monoisotopic (exact) mass is 312 g/mol. The summed E-state index contributed by atoms with van der Waals surface area (Å²) >= 11 is 3.33. The van der Waals surface area contributed by atoms with Crippen LogP contribution in [-0.4, -0.2) is 17.9 Å². The number of hydrogen-bond donors (Lipinski definition) is 2. The molecule has 18 heavy (non-hydrogen) atoms. The molecule has 2 amide bonds. The van der Waals surface area contributed by atoms with E-state index in [9.17, 15) is 9.59 Å². The Kier molecular flexibility index (Phi) is 5.34. The molecule has 0 aliphatic rings. The lowest BCUT2D eigenvalue weighted by molar-refractivity contribution is -0.126. The number of benzene rings is 1. The standard InChI is InChI=1S/C13H17BrN2O2/c1-8(2)12(15-9(3)17)13(18)16-11-6-4-10(14)5-7-11/h4-8,12H,1-3H3,(H,15,17)(H,16,18)/t12-/m1/s1. The SMILES string of the molecule is CC(=O)N[C@@H](C(=O)Nc1ccc(Br)cc1)C(C)C. The second kappa shape index (κ2) is 6.54. The van der Waals surface area contributed by atoms with E-state index >= 15 is 0 Å². The molecule has 2 N–H and O–H groups in total. The summed E-state index contributed by atoms with van der Waals surface area (Å²) in [6, 6.07) is 6.77. The molecule has 4 nitrogen and oxygen atoms in total. The zero-order valence-corrected chi connectivity index (χ0v) is 12.2. The van der Waals surface area contributed by atoms with Crippen molar-refractivity contribution < 1.29 is 9.59 Å². The van der Waals surface area contributed by atoms with Gasteiger partial charge in [0.05, 0.1) is 0 Å². The fraction of sp³-hybridized carbons (Fsp3) is 0.385. The molecule has 0 radical (unpaired) electrons. The van der Waals surface area contributed by atoms with Crippen LogP contribution in [0.5, 0.6) is 0 Å². The van der Waals surface area contributed by atoms with Gasteiger partial charge in [0.1, 0.15) is 6.04 Å². The lowest BCUT2D eigenvalue weighted by Crippen LogP contribution is -2.46. The van der Waals surface area contributed by atoms with Crippen LogP contribution < -0.4 is 10.6 Å². The lowest BCUT2D eigenvalue weighted by atomic mass is 10.0. The molecule has 0 aliphatic heterocycles. The Morgan fingerprint density at radius 1 is 1.17 bits per heavy atom. The third-order valence-electron chi connectivity index (χ3n) is 2.42. The fourth-order valence-electron chi connectivity index (χ4n) is 1.51. The molecule has 0 fully saturated rings. The maximum Gasteiger partial charge on any atom is 0.247 e. The molecule has 5 heteroatoms. The summed E-state index contributed by atoms with van der Waals surface area (Å²) in [5.74, 6) is -0.383. The minimum Gasteiger partial charge on any atom is -0.344 e. The summed E-state index contributed by atoms with van der Waals surface area (Å²) in [4.78, 5) is 23.1. The normalized spacial score (nSPS) is 12.1. The van der Waals surface area contributed by atoms with E-state index in [0.29, 0.717) is 5.69 Å². The number of rotatable bonds is 4. The van der Waals surface area contributed by atoms with E-state index in [1.807, 2.05) is 26.0 Å². The molecule has 0 aromatic heterocycles. The number of hydrogen-bond acceptors (Lipinski definition) is 2. The zero-order chi connectivity index (χ0) is 13.7. The third-order valence-corrected chi connectivity index (χ3v) is 2.95. The van der Waals surface area contributed by atoms with Crippen LogP contribution in [-0.2, 0) is 9.59 Å². The second-order valence-corrected chi connectivity index (χ2v) is 5.33. The molecule has 1 rings (SSSR count). The van der Waals surface area contributed by atoms with Crippen molar-refractivity contribution >= 4 is 33.4 Å². The van der Waals surface area contributed by atoms with Crippen LogP contribution in [0.25, 0.3) is 0 Å². The fourth-order valence-corrected chi connectivity index (χ4v) is 1.77. The summed E-state index contributed by atoms with van der Waals surface area (Å²) in [6.07, 6.45) is 0. The summed E-state index contributed by atoms with van der Waals surface area (Å²) in [6.45, 7) is 5.19. The molecule has 0 saturated carbocycles. The summed E-state index contributed by atoms with van der Waals surface area (Å²) in [7, 11) is 0. The predicted molar refractivity (Wildman–Crippen MR) is 75.2 cm³/mol. The van der Waals surface area contributed by atoms with Crippen molar-refractivity contribution in [2.45, 2.75) is 26.8 Å². The molecular weight excluding hydrogens is 296 g/mol. The van der Waals surface area contributed by atoms with E-state index < -0.39 is 6.04 Å². The molecule has 0 spiro atoms. The molecule has 1 atom stereocenters. The van der Waals surface area contributed by atoms with Crippen LogP contribution in [0.15, 0.2) is 28.7 Å². The van der Waals surface area contributed by atoms with E-state index in [2.05, 4.69) is 26.6 Å². The number of anilines is 1. The molecule has 0 heterocycles. The smallest absolute Gasteiger partial charge is 0.247 e. The van der Waals surface area contributed by atoms with Crippen molar-refractivity contribution in [1.29, 1.82) is 0 Å². The Hall–Kier alpha value is -1.36. The van der Waals surface area contributed by atoms with Crippen molar-refractivity contribution in [3.05, 3.63) is 28.7 Å². The first-order valence-corrected chi connectivity index (χ1v) is 6.53. The average molecular weight is 313 g/mol. The van der Waals surface area contributed by atoms with Crippen molar-refractivity contribution in [1.82, 2.24) is 5.32 Å². The van der Waals surface area contributed by atoms with Gasteiger partial charge in [0.15, 0.2) is 0 Å². The van der Waals surface area contributed by atoms with Gasteiger partial charge >= 0.3 is 0 Å². The highest BCUT2D eigenvalue weighted by Gasteiger charge is 2.22. The van der Waals surface area contributed by atoms with Gasteiger partial charge in [0, 0.05) is 17.1 Å². The summed E-state index contributed by atoms with van der Waals surface area (Å²) in [5.41, 5.74) is 0.708. The minimum atomic E-state index is -0.522. The quantitative estimate of drug-likeness (QED) is 0.897. The van der Waals surface area contributed by atoms with Crippen molar-refractivity contribution in [2.75, 3.05) is 5.32 Å². The van der Waals surface area contributed by atoms with Crippen molar-refractivity contribution in [3.8, 4) is 0 Å². The Bertz CT molecular complexity index is 429. The topological polar surface area (TPSA) is 58.2 Å². The zero-order valence-electron chi connectivity index (χ0n) is 10.7. The maximum atomic E-state index is 12.0. The first-order chi connectivity index (χ1) is 8.40. The highest BCUT2D eigenvalue weighted by Crippen LogP contribution is 2.15. The van der Waals surface area contributed by atoms with Crippen molar-refractivity contribution in [3.63, 3.8) is 0 Å². The van der Waals surface area contributed by atoms with Gasteiger partial charge in [-0.15, -0.1) is 0 Å². The van der Waals surface area contributed by atoms with E-state index in [1.165, 1.54) is 6.92 Å². The molecule has 1 aromatic rings. The first kappa shape index (κ1) is 14.7. The minimum absolute atomic E-state index is 0.0318. The van der Waals surface area contributed by atoms with Crippen LogP contribution >= 0.6 is 15.9 Å². The predicted octanol–water partition coefficient (Wildman–Crippen LogP) is 2.55. The lowest BCUT2D eigenvalue weighted by Gasteiger charge is -2.20. The van der Waals surface area contributed by atoms with Gasteiger partial charge in [-0.3, -0.25) is 9.59 Å². The third kappa shape index (κ3) is 4.49. The Morgan fingerprint density at radius 2 is 1.72 bits per heavy atom. The van der Waals surface area contributed by atoms with Crippen LogP contribution in [0.2, 0.25) is 0 Å². The van der Waals surface area contributed by atoms with E-state index in [-0.39, 0.29) is 17.7 Å². The molecule has 0 bridgehead atoms. The van der Waals surface area contributed by atoms with Crippen LogP contribution in [0.3, 0.4) is 0 Å². The average Bonchev–Trinajstić information content (AvgIpc) is 2.28. The van der Waals surface area contributed by atoms with Gasteiger partial charge < -0.3 is 10.6 Å². The van der Waals surface area contributed by atoms with Crippen LogP contribution in [0, 0.1) is 5.92 Å². The van der Waals surface area contributed by atoms with Crippen LogP contribution in [0.4, 0.5) is 5.69 Å². The van der Waals surface area contributed by atoms with Gasteiger partial charge in [0.2, 0.25) is 11.8 Å². The number of nitrogens with one attached hydrogen (secondary N) is 2. The Balaban J connectivity index is 2.72. The molecular formula is C13H17BrN2O2. The van der Waals surface area contributed by atoms with Gasteiger partial charge in [0.25, 0.3) is 0 Å². The Labute approximate surface area is 115 Å². The molecule has 98 valence electrons. The number of carbonyl (C=O) groups is 2. The van der Waals surface area contributed by atoms with Crippen LogP contribution in [0.1, 0.15) is 20.8 Å². The van der Waals surface area contributed by atoms with Gasteiger partial charge in [-0.2, -0.15) is 0 Å². The van der Waals surface area contributed by atoms with Crippen molar-refractivity contribution in [2.24, 2.45) is 5.92 Å². The van der Waals surface area contributed by atoms with Gasteiger partial charge in [-0.25, -0.2) is 0 Å². The molecule has 1 aromatic carbocycles. The van der Waals surface area contributed by atoms with Gasteiger partial charge in [-0.05, 0) is 30.2 Å². The highest BCUT2D eigenvalue weighted by atomic mass is 79.9. The van der Waals surface area contributed by atoms with Gasteiger partial charge in [-0.1, -0.05) is 29.8 Å². The number of amides is 2. The van der Waals surface area contributed by atoms with E-state index in [4.69, 9.17) is 0 Å². The van der Waals surface area contributed by atoms with E-state index in [1.54, 1.807) is 12.1 Å². The molecule has 0 unspecified atom stereocenters. The number of halogens is 1. The first-order valence-electron chi connectivity index (χ1n) is 5.73. The number of carbonyl (C=O) groups excluding carboxylic acids is 2. The highest BCUT2D eigenvalue weighted by molar-refractivity contribution is 9.10. The Morgan fingerprint density at radius 3 is 2.17 bits per heavy atom.